The first kappa shape index (κ1) is 12.5. The van der Waals surface area contributed by atoms with E-state index in [9.17, 15) is 14.0 Å². The summed E-state index contributed by atoms with van der Waals surface area (Å²) < 4.78 is 13.6. The maximum absolute atomic E-state index is 13.6. The molecule has 18 heavy (non-hydrogen) atoms. The number of nitrogen functional groups attached to an aromatic ring is 1. The summed E-state index contributed by atoms with van der Waals surface area (Å²) in [5.41, 5.74) is 2.59. The molecular weight excluding hydrogens is 237 g/mol. The van der Waals surface area contributed by atoms with E-state index in [-0.39, 0.29) is 18.0 Å². The molecule has 0 unspecified atom stereocenters. The van der Waals surface area contributed by atoms with Crippen molar-refractivity contribution in [2.24, 2.45) is 5.84 Å². The number of hydrazine groups is 1. The maximum atomic E-state index is 13.6. The number of nitrogens with one attached hydrogen (secondary N) is 1. The molecule has 0 radical (unpaired) electrons. The summed E-state index contributed by atoms with van der Waals surface area (Å²) in [6.45, 7) is 0.821. The van der Waals surface area contributed by atoms with Crippen LogP contribution in [0.3, 0.4) is 0 Å². The van der Waals surface area contributed by atoms with Crippen molar-refractivity contribution in [2.45, 2.75) is 19.4 Å². The summed E-state index contributed by atoms with van der Waals surface area (Å²) >= 11 is 0. The van der Waals surface area contributed by atoms with Gasteiger partial charge in [0.2, 0.25) is 5.91 Å². The van der Waals surface area contributed by atoms with Crippen LogP contribution in [-0.4, -0.2) is 23.3 Å². The SMILES string of the molecule is NNC(=O)c1ccc(F)c(CN2CCCC2=O)c1. The van der Waals surface area contributed by atoms with Gasteiger partial charge >= 0.3 is 0 Å². The third-order valence-electron chi connectivity index (χ3n) is 2.97. The van der Waals surface area contributed by atoms with E-state index in [2.05, 4.69) is 0 Å². The zero-order chi connectivity index (χ0) is 13.1. The molecule has 1 fully saturated rings. The largest absolute Gasteiger partial charge is 0.338 e. The van der Waals surface area contributed by atoms with Crippen LogP contribution in [0.5, 0.6) is 0 Å². The molecular formula is C12H14FN3O2. The second-order valence-electron chi connectivity index (χ2n) is 4.20. The monoisotopic (exact) mass is 251 g/mol. The highest BCUT2D eigenvalue weighted by molar-refractivity contribution is 5.93. The van der Waals surface area contributed by atoms with Gasteiger partial charge in [-0.1, -0.05) is 0 Å². The van der Waals surface area contributed by atoms with Gasteiger partial charge in [-0.05, 0) is 24.6 Å². The smallest absolute Gasteiger partial charge is 0.265 e. The first-order chi connectivity index (χ1) is 8.61. The summed E-state index contributed by atoms with van der Waals surface area (Å²) in [6.07, 6.45) is 1.30. The normalized spacial score (nSPS) is 15.0. The van der Waals surface area contributed by atoms with Gasteiger partial charge in [0.05, 0.1) is 0 Å². The van der Waals surface area contributed by atoms with Crippen molar-refractivity contribution in [3.8, 4) is 0 Å². The minimum Gasteiger partial charge on any atom is -0.338 e. The van der Waals surface area contributed by atoms with Crippen molar-refractivity contribution < 1.29 is 14.0 Å². The lowest BCUT2D eigenvalue weighted by Crippen LogP contribution is -2.30. The molecule has 0 saturated carbocycles. The number of halogens is 1. The predicted octanol–water partition coefficient (Wildman–Crippen LogP) is 0.552. The Labute approximate surface area is 104 Å². The fourth-order valence-electron chi connectivity index (χ4n) is 2.00. The Morgan fingerprint density at radius 2 is 2.28 bits per heavy atom. The second kappa shape index (κ2) is 5.14. The maximum Gasteiger partial charge on any atom is 0.265 e. The number of rotatable bonds is 3. The van der Waals surface area contributed by atoms with Gasteiger partial charge in [-0.3, -0.25) is 15.0 Å². The Morgan fingerprint density at radius 3 is 2.89 bits per heavy atom. The number of nitrogens with two attached hydrogens (primary N) is 1. The zero-order valence-corrected chi connectivity index (χ0v) is 9.78. The van der Waals surface area contributed by atoms with Crippen LogP contribution >= 0.6 is 0 Å². The number of amides is 2. The van der Waals surface area contributed by atoms with Crippen LogP contribution in [-0.2, 0) is 11.3 Å². The Morgan fingerprint density at radius 1 is 1.50 bits per heavy atom. The van der Waals surface area contributed by atoms with Gasteiger partial charge in [0.15, 0.2) is 0 Å². The van der Waals surface area contributed by atoms with Crippen LogP contribution in [0.25, 0.3) is 0 Å². The number of hydrogen-bond acceptors (Lipinski definition) is 3. The topological polar surface area (TPSA) is 75.4 Å². The third-order valence-corrected chi connectivity index (χ3v) is 2.97. The van der Waals surface area contributed by atoms with Crippen molar-refractivity contribution in [2.75, 3.05) is 6.54 Å². The Balaban J connectivity index is 2.21. The molecule has 2 rings (SSSR count). The lowest BCUT2D eigenvalue weighted by Gasteiger charge is -2.16. The molecule has 0 spiro atoms. The van der Waals surface area contributed by atoms with Crippen molar-refractivity contribution in [3.63, 3.8) is 0 Å². The Bertz CT molecular complexity index is 490. The van der Waals surface area contributed by atoms with E-state index in [1.807, 2.05) is 5.43 Å². The predicted molar refractivity (Wildman–Crippen MR) is 62.7 cm³/mol. The second-order valence-corrected chi connectivity index (χ2v) is 4.20. The molecule has 1 saturated heterocycles. The Kier molecular flexibility index (Phi) is 3.57. The molecule has 0 aliphatic carbocycles. The van der Waals surface area contributed by atoms with E-state index in [0.29, 0.717) is 18.5 Å². The van der Waals surface area contributed by atoms with Crippen LogP contribution in [0.4, 0.5) is 4.39 Å². The van der Waals surface area contributed by atoms with Crippen molar-refractivity contribution in [3.05, 3.63) is 35.1 Å². The number of hydrogen-bond donors (Lipinski definition) is 2. The molecule has 1 aromatic rings. The fourth-order valence-corrected chi connectivity index (χ4v) is 2.00. The van der Waals surface area contributed by atoms with E-state index >= 15 is 0 Å². The summed E-state index contributed by atoms with van der Waals surface area (Å²) in [4.78, 5) is 24.4. The highest BCUT2D eigenvalue weighted by atomic mass is 19.1. The zero-order valence-electron chi connectivity index (χ0n) is 9.78. The quantitative estimate of drug-likeness (QED) is 0.468. The average Bonchev–Trinajstić information content (AvgIpc) is 2.77. The highest BCUT2D eigenvalue weighted by Gasteiger charge is 2.21. The van der Waals surface area contributed by atoms with Crippen molar-refractivity contribution in [1.82, 2.24) is 10.3 Å². The van der Waals surface area contributed by atoms with Gasteiger partial charge in [-0.15, -0.1) is 0 Å². The van der Waals surface area contributed by atoms with Crippen LogP contribution in [0.2, 0.25) is 0 Å². The third kappa shape index (κ3) is 2.48. The summed E-state index contributed by atoms with van der Waals surface area (Å²) in [7, 11) is 0. The number of nitrogens with zero attached hydrogens (tertiary/aromatic N) is 1. The first-order valence-electron chi connectivity index (χ1n) is 5.69. The van der Waals surface area contributed by atoms with Crippen LogP contribution in [0.1, 0.15) is 28.8 Å². The van der Waals surface area contributed by atoms with Crippen LogP contribution in [0, 0.1) is 5.82 Å². The fraction of sp³-hybridized carbons (Fsp3) is 0.333. The molecule has 1 aliphatic rings. The molecule has 1 aliphatic heterocycles. The number of carbonyl (C=O) groups is 2. The van der Waals surface area contributed by atoms with Gasteiger partial charge in [-0.25, -0.2) is 10.2 Å². The highest BCUT2D eigenvalue weighted by Crippen LogP contribution is 2.17. The number of likely N-dealkylation sites (tertiary alicyclic amines) is 1. The molecule has 2 amide bonds. The summed E-state index contributed by atoms with van der Waals surface area (Å²) in [5.74, 6) is 4.13. The van der Waals surface area contributed by atoms with E-state index in [0.717, 1.165) is 6.42 Å². The minimum absolute atomic E-state index is 0.0167. The molecule has 96 valence electrons. The van der Waals surface area contributed by atoms with Crippen LogP contribution in [0.15, 0.2) is 18.2 Å². The van der Waals surface area contributed by atoms with E-state index < -0.39 is 11.7 Å². The minimum atomic E-state index is -0.482. The Hall–Kier alpha value is -1.95. The van der Waals surface area contributed by atoms with Gasteiger partial charge in [0, 0.05) is 30.6 Å². The number of carbonyl (C=O) groups excluding carboxylic acids is 2. The standard InChI is InChI=1S/C12H14FN3O2/c13-10-4-3-8(12(18)15-14)6-9(10)7-16-5-1-2-11(16)17/h3-4,6H,1-2,5,7,14H2,(H,15,18). The van der Waals surface area contributed by atoms with E-state index in [4.69, 9.17) is 5.84 Å². The lowest BCUT2D eigenvalue weighted by molar-refractivity contribution is -0.128. The van der Waals surface area contributed by atoms with Crippen LogP contribution < -0.4 is 11.3 Å². The average molecular weight is 251 g/mol. The molecule has 3 N–H and O–H groups in total. The molecule has 0 atom stereocenters. The van der Waals surface area contributed by atoms with Gasteiger partial charge in [-0.2, -0.15) is 0 Å². The first-order valence-corrected chi connectivity index (χ1v) is 5.69. The molecule has 0 aromatic heterocycles. The van der Waals surface area contributed by atoms with Crippen molar-refractivity contribution >= 4 is 11.8 Å². The van der Waals surface area contributed by atoms with Gasteiger partial charge in [0.1, 0.15) is 5.82 Å². The molecule has 1 aromatic carbocycles. The van der Waals surface area contributed by atoms with Gasteiger partial charge < -0.3 is 4.90 Å². The lowest BCUT2D eigenvalue weighted by atomic mass is 10.1. The van der Waals surface area contributed by atoms with Gasteiger partial charge in [0.25, 0.3) is 5.91 Å². The molecule has 0 bridgehead atoms. The van der Waals surface area contributed by atoms with E-state index in [1.54, 1.807) is 4.90 Å². The molecule has 1 heterocycles. The number of benzene rings is 1. The van der Waals surface area contributed by atoms with E-state index in [1.165, 1.54) is 18.2 Å². The molecule has 5 nitrogen and oxygen atoms in total. The van der Waals surface area contributed by atoms with Crippen molar-refractivity contribution in [1.29, 1.82) is 0 Å². The summed E-state index contributed by atoms with van der Waals surface area (Å²) in [5, 5.41) is 0. The molecule has 6 heteroatoms. The summed E-state index contributed by atoms with van der Waals surface area (Å²) in [6, 6.07) is 3.98.